The number of anilines is 1. The predicted molar refractivity (Wildman–Crippen MR) is 88.1 cm³/mol. The average Bonchev–Trinajstić information content (AvgIpc) is 2.61. The third-order valence-corrected chi connectivity index (χ3v) is 3.07. The smallest absolute Gasteiger partial charge is 0.416 e. The van der Waals surface area contributed by atoms with Crippen LogP contribution < -0.4 is 15.8 Å². The normalized spacial score (nSPS) is 11.4. The molecule has 154 valence electrons. The molecule has 0 aliphatic rings. The zero-order valence-corrected chi connectivity index (χ0v) is 14.5. The van der Waals surface area contributed by atoms with Gasteiger partial charge in [-0.15, -0.1) is 0 Å². The molecule has 0 aromatic heterocycles. The Morgan fingerprint density at radius 3 is 2.04 bits per heavy atom. The van der Waals surface area contributed by atoms with E-state index in [9.17, 15) is 22.4 Å². The molecule has 0 atom stereocenters. The Morgan fingerprint density at radius 1 is 0.963 bits per heavy atom. The minimum absolute atomic E-state index is 0.0131. The van der Waals surface area contributed by atoms with E-state index < -0.39 is 29.0 Å². The molecule has 11 heteroatoms. The number of carbonyl (C=O) groups is 1. The summed E-state index contributed by atoms with van der Waals surface area (Å²) in [5.74, 6) is -1.73. The van der Waals surface area contributed by atoms with Crippen molar-refractivity contribution in [1.82, 2.24) is 0 Å². The molecule has 0 saturated heterocycles. The number of amides is 1. The van der Waals surface area contributed by atoms with Crippen molar-refractivity contribution in [2.45, 2.75) is 6.18 Å². The van der Waals surface area contributed by atoms with Crippen LogP contribution in [-0.4, -0.2) is 59.2 Å². The van der Waals surface area contributed by atoms with E-state index in [1.807, 2.05) is 5.32 Å². The zero-order valence-electron chi connectivity index (χ0n) is 14.5. The van der Waals surface area contributed by atoms with E-state index in [2.05, 4.69) is 0 Å². The highest BCUT2D eigenvalue weighted by Crippen LogP contribution is 2.36. The molecule has 0 aliphatic heterocycles. The second kappa shape index (κ2) is 12.4. The van der Waals surface area contributed by atoms with Crippen molar-refractivity contribution in [3.8, 4) is 5.75 Å². The van der Waals surface area contributed by atoms with E-state index in [1.165, 1.54) is 0 Å². The van der Waals surface area contributed by atoms with E-state index in [0.717, 1.165) is 0 Å². The van der Waals surface area contributed by atoms with Crippen LogP contribution in [0.25, 0.3) is 0 Å². The lowest BCUT2D eigenvalue weighted by Gasteiger charge is -2.14. The summed E-state index contributed by atoms with van der Waals surface area (Å²) in [6, 6.07) is 1.01. The third-order valence-electron chi connectivity index (χ3n) is 3.07. The van der Waals surface area contributed by atoms with Gasteiger partial charge in [0.15, 0.2) is 11.6 Å². The number of alkyl halides is 3. The van der Waals surface area contributed by atoms with E-state index in [0.29, 0.717) is 38.5 Å². The summed E-state index contributed by atoms with van der Waals surface area (Å²) < 4.78 is 73.0. The first-order valence-electron chi connectivity index (χ1n) is 8.07. The molecule has 3 N–H and O–H groups in total. The summed E-state index contributed by atoms with van der Waals surface area (Å²) in [5.41, 5.74) is 3.48. The molecule has 0 heterocycles. The maximum absolute atomic E-state index is 14.0. The fraction of sp³-hybridized carbons (Fsp3) is 0.562. The van der Waals surface area contributed by atoms with Crippen molar-refractivity contribution in [1.29, 1.82) is 0 Å². The molecule has 1 aromatic carbocycles. The van der Waals surface area contributed by atoms with Crippen LogP contribution in [0.4, 0.5) is 23.2 Å². The van der Waals surface area contributed by atoms with Crippen molar-refractivity contribution in [3.05, 3.63) is 23.5 Å². The minimum atomic E-state index is -4.72. The average molecular weight is 398 g/mol. The quantitative estimate of drug-likeness (QED) is 0.282. The first-order chi connectivity index (χ1) is 12.9. The van der Waals surface area contributed by atoms with Gasteiger partial charge in [-0.25, -0.2) is 4.39 Å². The number of hydrogen-bond donors (Lipinski definition) is 2. The van der Waals surface area contributed by atoms with Gasteiger partial charge in [-0.3, -0.25) is 4.79 Å². The van der Waals surface area contributed by atoms with E-state index in [1.54, 1.807) is 0 Å². The Kier molecular flexibility index (Phi) is 10.6. The summed E-state index contributed by atoms with van der Waals surface area (Å²) in [5, 5.41) is 1.87. The second-order valence-electron chi connectivity index (χ2n) is 5.07. The van der Waals surface area contributed by atoms with E-state index in [4.69, 9.17) is 24.7 Å². The van der Waals surface area contributed by atoms with Gasteiger partial charge in [0.2, 0.25) is 6.41 Å². The van der Waals surface area contributed by atoms with Crippen LogP contribution in [0, 0.1) is 5.82 Å². The van der Waals surface area contributed by atoms with Gasteiger partial charge in [0.1, 0.15) is 6.61 Å². The summed E-state index contributed by atoms with van der Waals surface area (Å²) in [6.07, 6.45) is -4.64. The highest BCUT2D eigenvalue weighted by molar-refractivity contribution is 5.73. The molecular weight excluding hydrogens is 376 g/mol. The summed E-state index contributed by atoms with van der Waals surface area (Å²) in [4.78, 5) is 10.4. The summed E-state index contributed by atoms with van der Waals surface area (Å²) >= 11 is 0. The Labute approximate surface area is 153 Å². The van der Waals surface area contributed by atoms with Gasteiger partial charge < -0.3 is 30.0 Å². The Bertz CT molecular complexity index is 572. The SMILES string of the molecule is NCCOCCOCCOCCOc1cc(C(F)(F)F)cc(NC=O)c1F. The van der Waals surface area contributed by atoms with Crippen LogP contribution in [0.1, 0.15) is 5.56 Å². The number of carbonyl (C=O) groups excluding carboxylic acids is 1. The van der Waals surface area contributed by atoms with Crippen molar-refractivity contribution >= 4 is 12.1 Å². The van der Waals surface area contributed by atoms with Crippen LogP contribution in [0.5, 0.6) is 5.75 Å². The molecule has 0 bridgehead atoms. The molecule has 0 spiro atoms. The lowest BCUT2D eigenvalue weighted by atomic mass is 10.1. The fourth-order valence-corrected chi connectivity index (χ4v) is 1.87. The minimum Gasteiger partial charge on any atom is -0.488 e. The van der Waals surface area contributed by atoms with Gasteiger partial charge in [0.25, 0.3) is 0 Å². The van der Waals surface area contributed by atoms with Gasteiger partial charge in [-0.1, -0.05) is 0 Å². The van der Waals surface area contributed by atoms with Crippen LogP contribution in [0.2, 0.25) is 0 Å². The third kappa shape index (κ3) is 9.00. The molecule has 7 nitrogen and oxygen atoms in total. The maximum atomic E-state index is 14.0. The van der Waals surface area contributed by atoms with Gasteiger partial charge >= 0.3 is 6.18 Å². The molecule has 0 unspecified atom stereocenters. The van der Waals surface area contributed by atoms with Crippen LogP contribution in [0.3, 0.4) is 0 Å². The molecular formula is C16H22F4N2O5. The molecule has 1 rings (SSSR count). The largest absolute Gasteiger partial charge is 0.488 e. The van der Waals surface area contributed by atoms with Crippen LogP contribution in [0.15, 0.2) is 12.1 Å². The number of nitrogens with one attached hydrogen (secondary N) is 1. The monoisotopic (exact) mass is 398 g/mol. The number of ether oxygens (including phenoxy) is 4. The number of benzene rings is 1. The topological polar surface area (TPSA) is 92.0 Å². The summed E-state index contributed by atoms with van der Waals surface area (Å²) in [6.45, 7) is 2.02. The first-order valence-corrected chi connectivity index (χ1v) is 8.07. The van der Waals surface area contributed by atoms with Gasteiger partial charge in [0.05, 0.1) is 50.9 Å². The zero-order chi connectivity index (χ0) is 20.1. The molecule has 1 aromatic rings. The second-order valence-corrected chi connectivity index (χ2v) is 5.07. The molecule has 0 fully saturated rings. The predicted octanol–water partition coefficient (Wildman–Crippen LogP) is 1.80. The van der Waals surface area contributed by atoms with Gasteiger partial charge in [-0.2, -0.15) is 13.2 Å². The molecule has 0 radical (unpaired) electrons. The van der Waals surface area contributed by atoms with Crippen molar-refractivity contribution in [3.63, 3.8) is 0 Å². The number of nitrogens with two attached hydrogens (primary N) is 1. The maximum Gasteiger partial charge on any atom is 0.416 e. The Balaban J connectivity index is 2.37. The van der Waals surface area contributed by atoms with E-state index in [-0.39, 0.29) is 32.8 Å². The fourth-order valence-electron chi connectivity index (χ4n) is 1.87. The Hall–Kier alpha value is -1.95. The standard InChI is InChI=1S/C16H22F4N2O5/c17-15-13(22-11-23)9-12(16(18,19)20)10-14(15)27-8-7-26-6-5-25-4-3-24-2-1-21/h9-11H,1-8,21H2,(H,22,23). The van der Waals surface area contributed by atoms with Crippen molar-refractivity contribution in [2.24, 2.45) is 5.73 Å². The van der Waals surface area contributed by atoms with Crippen molar-refractivity contribution < 1.29 is 41.3 Å². The Morgan fingerprint density at radius 2 is 1.52 bits per heavy atom. The van der Waals surface area contributed by atoms with Gasteiger partial charge in [0, 0.05) is 6.54 Å². The first kappa shape index (κ1) is 23.1. The van der Waals surface area contributed by atoms with Crippen LogP contribution >= 0.6 is 0 Å². The lowest BCUT2D eigenvalue weighted by molar-refractivity contribution is -0.137. The molecule has 0 aliphatic carbocycles. The van der Waals surface area contributed by atoms with Gasteiger partial charge in [-0.05, 0) is 12.1 Å². The summed E-state index contributed by atoms with van der Waals surface area (Å²) in [7, 11) is 0. The highest BCUT2D eigenvalue weighted by Gasteiger charge is 2.32. The number of rotatable bonds is 14. The van der Waals surface area contributed by atoms with Crippen molar-refractivity contribution in [2.75, 3.05) is 58.1 Å². The molecule has 0 saturated carbocycles. The molecule has 1 amide bonds. The lowest BCUT2D eigenvalue weighted by Crippen LogP contribution is -2.15. The van der Waals surface area contributed by atoms with Crippen LogP contribution in [-0.2, 0) is 25.2 Å². The number of hydrogen-bond acceptors (Lipinski definition) is 6. The molecule has 27 heavy (non-hydrogen) atoms. The van der Waals surface area contributed by atoms with E-state index >= 15 is 0 Å². The number of halogens is 4. The highest BCUT2D eigenvalue weighted by atomic mass is 19.4.